The molecule has 2 aliphatic rings. The van der Waals surface area contributed by atoms with E-state index in [1.165, 1.54) is 24.8 Å². The van der Waals surface area contributed by atoms with Crippen molar-refractivity contribution in [2.24, 2.45) is 5.92 Å². The second kappa shape index (κ2) is 4.95. The summed E-state index contributed by atoms with van der Waals surface area (Å²) in [6.07, 6.45) is 16.6. The molecule has 0 aromatic heterocycles. The largest absolute Gasteiger partial charge is 0.241 e. The van der Waals surface area contributed by atoms with Crippen molar-refractivity contribution >= 4 is 6.21 Å². The van der Waals surface area contributed by atoms with E-state index < -0.39 is 0 Å². The van der Waals surface area contributed by atoms with Crippen molar-refractivity contribution in [1.82, 2.24) is 0 Å². The second-order valence-electron chi connectivity index (χ2n) is 4.32. The van der Waals surface area contributed by atoms with Gasteiger partial charge in [-0.2, -0.15) is 0 Å². The molecule has 1 nitrogen and oxygen atoms in total. The van der Waals surface area contributed by atoms with Crippen molar-refractivity contribution in [2.75, 3.05) is 0 Å². The highest BCUT2D eigenvalue weighted by atomic mass is 14.8. The van der Waals surface area contributed by atoms with E-state index in [1.54, 1.807) is 0 Å². The van der Waals surface area contributed by atoms with E-state index in [0.29, 0.717) is 6.04 Å². The van der Waals surface area contributed by atoms with Gasteiger partial charge in [0.2, 0.25) is 0 Å². The second-order valence-corrected chi connectivity index (χ2v) is 4.32. The van der Waals surface area contributed by atoms with Gasteiger partial charge in [0.15, 0.2) is 12.3 Å². The molecule has 1 heterocycles. The van der Waals surface area contributed by atoms with Crippen LogP contribution >= 0.6 is 0 Å². The molecule has 0 saturated carbocycles. The molecule has 2 atom stereocenters. The van der Waals surface area contributed by atoms with E-state index in [0.717, 1.165) is 5.92 Å². The molecule has 15 heavy (non-hydrogen) atoms. The van der Waals surface area contributed by atoms with Gasteiger partial charge in [-0.25, -0.2) is 4.99 Å². The van der Waals surface area contributed by atoms with Crippen molar-refractivity contribution in [3.63, 3.8) is 0 Å². The Morgan fingerprint density at radius 1 is 1.47 bits per heavy atom. The van der Waals surface area contributed by atoms with Crippen LogP contribution in [0.2, 0.25) is 0 Å². The van der Waals surface area contributed by atoms with Gasteiger partial charge in [-0.05, 0) is 25.7 Å². The third-order valence-corrected chi connectivity index (χ3v) is 3.01. The summed E-state index contributed by atoms with van der Waals surface area (Å²) < 4.78 is 0. The van der Waals surface area contributed by atoms with Gasteiger partial charge >= 0.3 is 0 Å². The van der Waals surface area contributed by atoms with E-state index >= 15 is 0 Å². The molecule has 2 rings (SSSR count). The molecule has 0 saturated heterocycles. The summed E-state index contributed by atoms with van der Waals surface area (Å²) in [5.41, 5.74) is 4.53. The van der Waals surface area contributed by atoms with Crippen LogP contribution in [-0.2, 0) is 0 Å². The molecule has 2 unspecified atom stereocenters. The number of nitrogens with one attached hydrogen (secondary N) is 1. The molecule has 0 bridgehead atoms. The van der Waals surface area contributed by atoms with Crippen LogP contribution < -0.4 is 4.99 Å². The number of rotatable bonds is 3. The van der Waals surface area contributed by atoms with E-state index in [2.05, 4.69) is 42.0 Å². The first-order valence-electron chi connectivity index (χ1n) is 5.70. The maximum atomic E-state index is 3.33. The highest BCUT2D eigenvalue weighted by molar-refractivity contribution is 5.65. The van der Waals surface area contributed by atoms with Gasteiger partial charge in [0, 0.05) is 18.6 Å². The molecule has 1 N–H and O–H groups in total. The summed E-state index contributed by atoms with van der Waals surface area (Å²) in [6, 6.07) is 0.482. The van der Waals surface area contributed by atoms with E-state index in [4.69, 9.17) is 0 Å². The van der Waals surface area contributed by atoms with Gasteiger partial charge in [-0.1, -0.05) is 23.8 Å². The molecule has 1 aliphatic heterocycles. The van der Waals surface area contributed by atoms with Crippen LogP contribution in [0.5, 0.6) is 0 Å². The zero-order valence-electron chi connectivity index (χ0n) is 9.24. The van der Waals surface area contributed by atoms with Gasteiger partial charge in [0.05, 0.1) is 0 Å². The zero-order chi connectivity index (χ0) is 10.5. The summed E-state index contributed by atoms with van der Waals surface area (Å²) in [5, 5.41) is 0. The first-order valence-corrected chi connectivity index (χ1v) is 5.70. The third kappa shape index (κ3) is 3.07. The topological polar surface area (TPSA) is 14.0 Å². The predicted molar refractivity (Wildman–Crippen MR) is 63.7 cm³/mol. The predicted octanol–water partition coefficient (Wildman–Crippen LogP) is 1.53. The molecule has 78 valence electrons. The van der Waals surface area contributed by atoms with Crippen molar-refractivity contribution in [3.8, 4) is 0 Å². The Labute approximate surface area is 91.6 Å². The maximum absolute atomic E-state index is 3.33. The summed E-state index contributed by atoms with van der Waals surface area (Å²) in [7, 11) is 0. The normalized spacial score (nSPS) is 28.2. The summed E-state index contributed by atoms with van der Waals surface area (Å²) in [4.78, 5) is 3.33. The average molecular weight is 200 g/mol. The van der Waals surface area contributed by atoms with Gasteiger partial charge in [0.25, 0.3) is 0 Å². The molecule has 1 aliphatic carbocycles. The van der Waals surface area contributed by atoms with Gasteiger partial charge in [0.1, 0.15) is 0 Å². The lowest BCUT2D eigenvalue weighted by Gasteiger charge is -2.14. The Morgan fingerprint density at radius 3 is 3.07 bits per heavy atom. The van der Waals surface area contributed by atoms with Crippen molar-refractivity contribution in [3.05, 3.63) is 41.7 Å². The molecule has 0 aromatic carbocycles. The third-order valence-electron chi connectivity index (χ3n) is 3.01. The van der Waals surface area contributed by atoms with Crippen LogP contribution in [0.4, 0.5) is 0 Å². The Bertz CT molecular complexity index is 365. The minimum atomic E-state index is 0.482. The molecule has 0 spiro atoms. The Hall–Kier alpha value is -1.33. The lowest BCUT2D eigenvalue weighted by molar-refractivity contribution is -0.485. The smallest absolute Gasteiger partial charge is 0.176 e. The first-order chi connectivity index (χ1) is 7.34. The van der Waals surface area contributed by atoms with Gasteiger partial charge < -0.3 is 0 Å². The number of hydrogen-bond acceptors (Lipinski definition) is 0. The minimum absolute atomic E-state index is 0.482. The van der Waals surface area contributed by atoms with Crippen molar-refractivity contribution in [1.29, 1.82) is 0 Å². The quantitative estimate of drug-likeness (QED) is 0.664. The summed E-state index contributed by atoms with van der Waals surface area (Å²) in [6.45, 7) is 2.16. The van der Waals surface area contributed by atoms with Crippen LogP contribution in [0.1, 0.15) is 26.2 Å². The summed E-state index contributed by atoms with van der Waals surface area (Å²) >= 11 is 0. The molecular weight excluding hydrogens is 182 g/mol. The monoisotopic (exact) mass is 200 g/mol. The molecule has 1 heteroatoms. The van der Waals surface area contributed by atoms with Gasteiger partial charge in [-0.15, -0.1) is 5.73 Å². The highest BCUT2D eigenvalue weighted by Crippen LogP contribution is 2.20. The molecule has 0 amide bonds. The van der Waals surface area contributed by atoms with Crippen molar-refractivity contribution in [2.45, 2.75) is 32.2 Å². The van der Waals surface area contributed by atoms with Crippen LogP contribution in [0, 0.1) is 5.92 Å². The Kier molecular flexibility index (Phi) is 3.37. The molecule has 0 radical (unpaired) electrons. The van der Waals surface area contributed by atoms with E-state index in [-0.39, 0.29) is 0 Å². The molecule has 0 aromatic rings. The highest BCUT2D eigenvalue weighted by Gasteiger charge is 2.13. The Balaban J connectivity index is 1.78. The van der Waals surface area contributed by atoms with Crippen molar-refractivity contribution < 1.29 is 4.99 Å². The van der Waals surface area contributed by atoms with Gasteiger partial charge in [-0.3, -0.25) is 0 Å². The zero-order valence-corrected chi connectivity index (χ0v) is 9.24. The fourth-order valence-electron chi connectivity index (χ4n) is 1.99. The lowest BCUT2D eigenvalue weighted by Crippen LogP contribution is -2.76. The SMILES string of the molecule is CC1=CCC(CCC2C=C=CC=[NH+]2)C=C1. The minimum Gasteiger partial charge on any atom is -0.241 e. The Morgan fingerprint density at radius 2 is 2.40 bits per heavy atom. The van der Waals surface area contributed by atoms with Crippen LogP contribution in [0.25, 0.3) is 0 Å². The molecular formula is C14H18N+. The number of allylic oxidation sites excluding steroid dienone is 4. The maximum Gasteiger partial charge on any atom is 0.176 e. The van der Waals surface area contributed by atoms with E-state index in [9.17, 15) is 0 Å². The van der Waals surface area contributed by atoms with Crippen LogP contribution in [0.15, 0.2) is 41.7 Å². The van der Waals surface area contributed by atoms with Crippen LogP contribution in [-0.4, -0.2) is 12.3 Å². The standard InChI is InChI=1S/C14H17N/c1-12-5-7-13(8-6-12)9-10-14-4-2-3-11-15-14/h3-7,11,13-14H,8-10H2,1H3/p+1. The fourth-order valence-corrected chi connectivity index (χ4v) is 1.99. The lowest BCUT2D eigenvalue weighted by atomic mass is 9.91. The summed E-state index contributed by atoms with van der Waals surface area (Å²) in [5.74, 6) is 0.731. The first kappa shape index (κ1) is 10.2. The number of hydrogen-bond donors (Lipinski definition) is 1. The molecule has 0 fully saturated rings. The average Bonchev–Trinajstić information content (AvgIpc) is 2.30. The van der Waals surface area contributed by atoms with Crippen LogP contribution in [0.3, 0.4) is 0 Å². The van der Waals surface area contributed by atoms with E-state index in [1.807, 2.05) is 12.3 Å². The fraction of sp³-hybridized carbons (Fsp3) is 0.429.